The van der Waals surface area contributed by atoms with E-state index in [0.29, 0.717) is 11.1 Å². The van der Waals surface area contributed by atoms with Gasteiger partial charge in [0.15, 0.2) is 0 Å². The quantitative estimate of drug-likeness (QED) is 0.464. The number of rotatable bonds is 6. The van der Waals surface area contributed by atoms with Gasteiger partial charge >= 0.3 is 6.18 Å². The maximum absolute atomic E-state index is 12.7. The molecule has 33 heavy (non-hydrogen) atoms. The molecule has 13 heteroatoms. The predicted molar refractivity (Wildman–Crippen MR) is 117 cm³/mol. The van der Waals surface area contributed by atoms with Gasteiger partial charge in [-0.25, -0.2) is 9.71 Å². The van der Waals surface area contributed by atoms with Crippen LogP contribution >= 0.6 is 0 Å². The number of amides is 1. The molecule has 1 fully saturated rings. The number of nitrogens with zero attached hydrogens (tertiary/aromatic N) is 2. The summed E-state index contributed by atoms with van der Waals surface area (Å²) in [5.41, 5.74) is -0.311. The number of benzene rings is 1. The average molecular weight is 482 g/mol. The zero-order valence-electron chi connectivity index (χ0n) is 17.6. The average Bonchev–Trinajstić information content (AvgIpc) is 3.12. The number of anilines is 1. The van der Waals surface area contributed by atoms with Crippen LogP contribution in [0, 0.1) is 5.41 Å². The first kappa shape index (κ1) is 24.3. The molecule has 1 saturated heterocycles. The molecule has 0 spiro atoms. The Morgan fingerprint density at radius 3 is 2.61 bits per heavy atom. The van der Waals surface area contributed by atoms with Crippen LogP contribution in [-0.2, 0) is 17.5 Å². The SMILES string of the molecule is C[C@@H](NC(=O)c1cc(=O)[nH]c(N2CC(=N)/C(=C\N[S+](C)[O-])C2)n1)c1ccc(C(F)(F)F)cc1. The number of carbonyl (C=O) groups is 1. The van der Waals surface area contributed by atoms with Crippen molar-refractivity contribution in [3.05, 3.63) is 69.3 Å². The number of aromatic nitrogens is 2. The molecule has 1 unspecified atom stereocenters. The Morgan fingerprint density at radius 1 is 1.33 bits per heavy atom. The van der Waals surface area contributed by atoms with E-state index >= 15 is 0 Å². The molecule has 1 aliphatic heterocycles. The van der Waals surface area contributed by atoms with Crippen LogP contribution in [0.25, 0.3) is 0 Å². The summed E-state index contributed by atoms with van der Waals surface area (Å²) >= 11 is -1.30. The molecule has 2 heterocycles. The second-order valence-electron chi connectivity index (χ2n) is 7.35. The van der Waals surface area contributed by atoms with Crippen molar-refractivity contribution in [3.8, 4) is 0 Å². The van der Waals surface area contributed by atoms with Gasteiger partial charge in [0.2, 0.25) is 5.95 Å². The number of aromatic amines is 1. The first-order valence-corrected chi connectivity index (χ1v) is 11.2. The summed E-state index contributed by atoms with van der Waals surface area (Å²) in [4.78, 5) is 33.0. The number of alkyl halides is 3. The number of hydrogen-bond donors (Lipinski definition) is 4. The second-order valence-corrected chi connectivity index (χ2v) is 8.49. The minimum atomic E-state index is -4.46. The van der Waals surface area contributed by atoms with Crippen molar-refractivity contribution in [3.63, 3.8) is 0 Å². The second kappa shape index (κ2) is 9.67. The summed E-state index contributed by atoms with van der Waals surface area (Å²) in [5, 5.41) is 10.7. The smallest absolute Gasteiger partial charge is 0.416 e. The Bertz CT molecular complexity index is 1130. The van der Waals surface area contributed by atoms with Gasteiger partial charge in [-0.1, -0.05) is 12.1 Å². The van der Waals surface area contributed by atoms with Crippen molar-refractivity contribution in [1.82, 2.24) is 20.0 Å². The van der Waals surface area contributed by atoms with Crippen LogP contribution in [0.2, 0.25) is 0 Å². The highest BCUT2D eigenvalue weighted by molar-refractivity contribution is 7.88. The highest BCUT2D eigenvalue weighted by atomic mass is 32.2. The Kier molecular flexibility index (Phi) is 7.12. The molecule has 2 atom stereocenters. The van der Waals surface area contributed by atoms with E-state index in [-0.39, 0.29) is 30.4 Å². The van der Waals surface area contributed by atoms with Crippen molar-refractivity contribution in [1.29, 1.82) is 5.41 Å². The number of hydrogen-bond acceptors (Lipinski definition) is 7. The van der Waals surface area contributed by atoms with Gasteiger partial charge in [0, 0.05) is 18.2 Å². The molecular formula is C20H21F3N6O3S. The lowest BCUT2D eigenvalue weighted by Gasteiger charge is -2.17. The first-order valence-electron chi connectivity index (χ1n) is 9.65. The fraction of sp³-hybridized carbons (Fsp3) is 0.300. The van der Waals surface area contributed by atoms with E-state index in [1.54, 1.807) is 11.8 Å². The molecule has 2 aromatic rings. The van der Waals surface area contributed by atoms with E-state index < -0.39 is 40.6 Å². The van der Waals surface area contributed by atoms with Crippen molar-refractivity contribution in [2.45, 2.75) is 19.1 Å². The number of carbonyl (C=O) groups excluding carboxylic acids is 1. The molecule has 0 saturated carbocycles. The van der Waals surface area contributed by atoms with Crippen molar-refractivity contribution in [2.24, 2.45) is 0 Å². The van der Waals surface area contributed by atoms with E-state index in [4.69, 9.17) is 5.41 Å². The molecule has 0 aliphatic carbocycles. The van der Waals surface area contributed by atoms with Crippen LogP contribution in [0.5, 0.6) is 0 Å². The molecule has 3 rings (SSSR count). The van der Waals surface area contributed by atoms with Crippen LogP contribution in [0.4, 0.5) is 19.1 Å². The largest absolute Gasteiger partial charge is 0.593 e. The standard InChI is InChI=1S/C20H21F3N6O3S/c1-11(12-3-5-14(6-4-12)20(21,22)23)26-18(31)16-7-17(30)28-19(27-16)29-9-13(15(24)10-29)8-25-33(2)32/h3-8,11,24-25H,9-10H2,1-2H3,(H,26,31)(H,27,28,30)/b13-8-,24-15?/t11-,33?/m1/s1. The van der Waals surface area contributed by atoms with Gasteiger partial charge in [-0.2, -0.15) is 13.2 Å². The topological polar surface area (TPSA) is 137 Å². The number of H-pyrrole nitrogens is 1. The van der Waals surface area contributed by atoms with Gasteiger partial charge in [0.1, 0.15) is 11.9 Å². The number of halogens is 3. The summed E-state index contributed by atoms with van der Waals surface area (Å²) in [5.74, 6) is -0.594. The van der Waals surface area contributed by atoms with Crippen LogP contribution in [-0.4, -0.2) is 45.5 Å². The van der Waals surface area contributed by atoms with E-state index in [1.165, 1.54) is 24.6 Å². The van der Waals surface area contributed by atoms with Gasteiger partial charge in [-0.15, -0.1) is 0 Å². The highest BCUT2D eigenvalue weighted by Crippen LogP contribution is 2.30. The van der Waals surface area contributed by atoms with Crippen molar-refractivity contribution < 1.29 is 22.5 Å². The van der Waals surface area contributed by atoms with Gasteiger partial charge in [0.25, 0.3) is 11.5 Å². The zero-order chi connectivity index (χ0) is 24.3. The minimum Gasteiger partial charge on any atom is -0.593 e. The summed E-state index contributed by atoms with van der Waals surface area (Å²) in [7, 11) is 0. The van der Waals surface area contributed by atoms with E-state index in [2.05, 4.69) is 20.0 Å². The molecule has 1 aliphatic rings. The zero-order valence-corrected chi connectivity index (χ0v) is 18.4. The first-order chi connectivity index (χ1) is 15.4. The third-order valence-electron chi connectivity index (χ3n) is 4.84. The van der Waals surface area contributed by atoms with Crippen molar-refractivity contribution >= 4 is 28.9 Å². The highest BCUT2D eigenvalue weighted by Gasteiger charge is 2.30. The maximum atomic E-state index is 12.7. The minimum absolute atomic E-state index is 0.0839. The molecule has 0 bridgehead atoms. The lowest BCUT2D eigenvalue weighted by molar-refractivity contribution is -0.137. The van der Waals surface area contributed by atoms with Crippen LogP contribution < -0.4 is 20.5 Å². The van der Waals surface area contributed by atoms with Gasteiger partial charge in [-0.05, 0) is 24.6 Å². The molecule has 1 aromatic heterocycles. The van der Waals surface area contributed by atoms with E-state index in [1.807, 2.05) is 0 Å². The predicted octanol–water partition coefficient (Wildman–Crippen LogP) is 1.89. The molecule has 4 N–H and O–H groups in total. The summed E-state index contributed by atoms with van der Waals surface area (Å²) in [6.45, 7) is 1.93. The summed E-state index contributed by atoms with van der Waals surface area (Å²) in [6.07, 6.45) is -1.56. The summed E-state index contributed by atoms with van der Waals surface area (Å²) < 4.78 is 52.0. The molecule has 1 aromatic carbocycles. The van der Waals surface area contributed by atoms with E-state index in [9.17, 15) is 27.3 Å². The Labute approximate surface area is 189 Å². The molecule has 0 radical (unpaired) electrons. The molecule has 9 nitrogen and oxygen atoms in total. The normalized spacial score (nSPS) is 17.2. The fourth-order valence-corrected chi connectivity index (χ4v) is 3.42. The Morgan fingerprint density at radius 2 is 2.00 bits per heavy atom. The van der Waals surface area contributed by atoms with Crippen LogP contribution in [0.15, 0.2) is 46.9 Å². The summed E-state index contributed by atoms with van der Waals surface area (Å²) in [6, 6.07) is 4.77. The van der Waals surface area contributed by atoms with Gasteiger partial charge < -0.3 is 20.2 Å². The number of nitrogens with one attached hydrogen (secondary N) is 4. The molecule has 176 valence electrons. The molecule has 1 amide bonds. The van der Waals surface area contributed by atoms with E-state index in [0.717, 1.165) is 18.2 Å². The van der Waals surface area contributed by atoms with Crippen LogP contribution in [0.1, 0.15) is 34.6 Å². The van der Waals surface area contributed by atoms with Gasteiger partial charge in [-0.3, -0.25) is 14.6 Å². The lowest BCUT2D eigenvalue weighted by Crippen LogP contribution is -2.31. The fourth-order valence-electron chi connectivity index (χ4n) is 3.11. The third-order valence-corrected chi connectivity index (χ3v) is 5.29. The Hall–Kier alpha value is -3.32. The van der Waals surface area contributed by atoms with Gasteiger partial charge in [0.05, 0.1) is 41.4 Å². The lowest BCUT2D eigenvalue weighted by atomic mass is 10.1. The maximum Gasteiger partial charge on any atom is 0.416 e. The molecular weight excluding hydrogens is 461 g/mol. The third kappa shape index (κ3) is 6.14. The van der Waals surface area contributed by atoms with Crippen molar-refractivity contribution in [2.75, 3.05) is 24.2 Å². The van der Waals surface area contributed by atoms with Crippen LogP contribution in [0.3, 0.4) is 0 Å². The Balaban J connectivity index is 1.74. The monoisotopic (exact) mass is 482 g/mol.